The van der Waals surface area contributed by atoms with Gasteiger partial charge < -0.3 is 10.5 Å². The van der Waals surface area contributed by atoms with Crippen LogP contribution in [0, 0.1) is 0 Å². The molecule has 168 valence electrons. The zero-order chi connectivity index (χ0) is 23.1. The van der Waals surface area contributed by atoms with Gasteiger partial charge in [0.1, 0.15) is 11.6 Å². The molecule has 1 aromatic heterocycles. The molecular weight excluding hydrogens is 432 g/mol. The topological polar surface area (TPSA) is 110 Å². The average molecular weight is 457 g/mol. The van der Waals surface area contributed by atoms with Crippen LogP contribution in [0.25, 0.3) is 0 Å². The Kier molecular flexibility index (Phi) is 7.72. The van der Waals surface area contributed by atoms with E-state index in [4.69, 9.17) is 22.1 Å². The van der Waals surface area contributed by atoms with Crippen LogP contribution < -0.4 is 26.6 Å². The Labute approximate surface area is 190 Å². The van der Waals surface area contributed by atoms with Gasteiger partial charge in [0.2, 0.25) is 0 Å². The fourth-order valence-corrected chi connectivity index (χ4v) is 3.39. The number of amides is 1. The molecule has 0 unspecified atom stereocenters. The number of halogens is 1. The lowest BCUT2D eigenvalue weighted by Crippen LogP contribution is -2.42. The molecule has 9 heteroatoms. The number of H-pyrrole nitrogens is 1. The summed E-state index contributed by atoms with van der Waals surface area (Å²) >= 11 is 5.97. The highest BCUT2D eigenvalue weighted by Crippen LogP contribution is 2.21. The van der Waals surface area contributed by atoms with E-state index in [1.165, 1.54) is 9.47 Å². The summed E-state index contributed by atoms with van der Waals surface area (Å²) in [5.41, 5.74) is 5.61. The van der Waals surface area contributed by atoms with Gasteiger partial charge in [-0.25, -0.2) is 4.79 Å². The maximum atomic E-state index is 13.2. The molecule has 0 fully saturated rings. The molecule has 3 aromatic rings. The van der Waals surface area contributed by atoms with Crippen LogP contribution in [0.15, 0.2) is 64.2 Å². The van der Waals surface area contributed by atoms with Crippen molar-refractivity contribution in [3.05, 3.63) is 86.0 Å². The van der Waals surface area contributed by atoms with Gasteiger partial charge in [0.15, 0.2) is 12.3 Å². The first kappa shape index (κ1) is 23.1. The van der Waals surface area contributed by atoms with Gasteiger partial charge in [0.25, 0.3) is 11.5 Å². The first-order valence-corrected chi connectivity index (χ1v) is 10.6. The van der Waals surface area contributed by atoms with Crippen molar-refractivity contribution in [2.75, 3.05) is 17.2 Å². The Hall–Kier alpha value is -3.52. The molecule has 8 nitrogen and oxygen atoms in total. The second kappa shape index (κ2) is 10.7. The molecule has 3 N–H and O–H groups in total. The Balaban J connectivity index is 1.98. The maximum Gasteiger partial charge on any atom is 0.330 e. The molecule has 0 spiro atoms. The lowest BCUT2D eigenvalue weighted by Gasteiger charge is -2.24. The first-order valence-electron chi connectivity index (χ1n) is 10.3. The third kappa shape index (κ3) is 5.59. The van der Waals surface area contributed by atoms with Crippen LogP contribution in [0.4, 0.5) is 11.5 Å². The molecule has 1 amide bonds. The quantitative estimate of drug-likeness (QED) is 0.513. The second-order valence-electron chi connectivity index (χ2n) is 7.21. The monoisotopic (exact) mass is 456 g/mol. The van der Waals surface area contributed by atoms with Crippen molar-refractivity contribution in [1.82, 2.24) is 9.55 Å². The number of unbranched alkanes of at least 4 members (excludes halogenated alkanes) is 1. The van der Waals surface area contributed by atoms with Crippen LogP contribution in [0.5, 0.6) is 5.75 Å². The maximum absolute atomic E-state index is 13.2. The van der Waals surface area contributed by atoms with Gasteiger partial charge in [0.05, 0.1) is 6.54 Å². The number of rotatable bonds is 9. The first-order chi connectivity index (χ1) is 15.4. The number of nitrogens with one attached hydrogen (secondary N) is 1. The van der Waals surface area contributed by atoms with Crippen LogP contribution in [0.3, 0.4) is 0 Å². The fourth-order valence-electron chi connectivity index (χ4n) is 3.21. The van der Waals surface area contributed by atoms with Gasteiger partial charge in [-0.2, -0.15) is 0 Å². The van der Waals surface area contributed by atoms with Gasteiger partial charge >= 0.3 is 5.69 Å². The molecular formula is C23H25ClN4O4. The molecule has 0 radical (unpaired) electrons. The Morgan fingerprint density at radius 1 is 1.16 bits per heavy atom. The Morgan fingerprint density at radius 3 is 2.59 bits per heavy atom. The molecule has 3 rings (SSSR count). The van der Waals surface area contributed by atoms with Crippen molar-refractivity contribution < 1.29 is 9.53 Å². The van der Waals surface area contributed by atoms with Crippen LogP contribution in [0.2, 0.25) is 5.02 Å². The molecule has 2 aromatic carbocycles. The average Bonchev–Trinajstić information content (AvgIpc) is 2.77. The number of carbonyl (C=O) groups excluding carboxylic acids is 1. The van der Waals surface area contributed by atoms with E-state index in [1.54, 1.807) is 24.3 Å². The number of aromatic nitrogens is 2. The van der Waals surface area contributed by atoms with Gasteiger partial charge in [-0.05, 0) is 30.2 Å². The Bertz CT molecular complexity index is 1190. The van der Waals surface area contributed by atoms with Crippen molar-refractivity contribution in [1.29, 1.82) is 0 Å². The fraction of sp³-hybridized carbons (Fsp3) is 0.261. The van der Waals surface area contributed by atoms with E-state index in [-0.39, 0.29) is 24.7 Å². The lowest BCUT2D eigenvalue weighted by atomic mass is 10.2. The van der Waals surface area contributed by atoms with Gasteiger partial charge in [-0.1, -0.05) is 61.3 Å². The molecule has 0 aliphatic heterocycles. The number of carbonyl (C=O) groups is 1. The van der Waals surface area contributed by atoms with E-state index in [0.29, 0.717) is 23.7 Å². The van der Waals surface area contributed by atoms with Gasteiger partial charge in [-0.3, -0.25) is 24.0 Å². The summed E-state index contributed by atoms with van der Waals surface area (Å²) in [6, 6.07) is 15.8. The van der Waals surface area contributed by atoms with Crippen molar-refractivity contribution in [2.45, 2.75) is 32.9 Å². The number of hydrogen-bond donors (Lipinski definition) is 2. The highest BCUT2D eigenvalue weighted by atomic mass is 35.5. The number of nitrogen functional groups attached to an aromatic ring is 1. The summed E-state index contributed by atoms with van der Waals surface area (Å²) in [4.78, 5) is 41.8. The standard InChI is InChI=1S/C23H25ClN4O4/c1-2-3-12-27-21(25)20(22(30)26-23(27)31)28(14-16-8-5-4-6-9-16)19(29)15-32-18-11-7-10-17(24)13-18/h4-11,13H,2-3,12,14-15,25H2,1H3,(H,26,30,31). The van der Waals surface area contributed by atoms with Crippen LogP contribution >= 0.6 is 11.6 Å². The smallest absolute Gasteiger partial charge is 0.330 e. The molecule has 0 aliphatic carbocycles. The van der Waals surface area contributed by atoms with Crippen molar-refractivity contribution >= 4 is 29.0 Å². The molecule has 1 heterocycles. The van der Waals surface area contributed by atoms with E-state index in [0.717, 1.165) is 12.0 Å². The number of nitrogens with zero attached hydrogens (tertiary/aromatic N) is 2. The molecule has 0 saturated carbocycles. The van der Waals surface area contributed by atoms with Gasteiger partial charge in [0, 0.05) is 11.6 Å². The zero-order valence-electron chi connectivity index (χ0n) is 17.7. The molecule has 32 heavy (non-hydrogen) atoms. The number of benzene rings is 2. The van der Waals surface area contributed by atoms with Crippen LogP contribution in [-0.4, -0.2) is 22.1 Å². The Morgan fingerprint density at radius 2 is 1.91 bits per heavy atom. The van der Waals surface area contributed by atoms with Crippen molar-refractivity contribution in [3.8, 4) is 5.75 Å². The number of ether oxygens (including phenoxy) is 1. The van der Waals surface area contributed by atoms with E-state index in [9.17, 15) is 14.4 Å². The molecule has 0 aliphatic rings. The highest BCUT2D eigenvalue weighted by Gasteiger charge is 2.25. The predicted molar refractivity (Wildman–Crippen MR) is 125 cm³/mol. The predicted octanol–water partition coefficient (Wildman–Crippen LogP) is 3.18. The van der Waals surface area contributed by atoms with Crippen molar-refractivity contribution in [3.63, 3.8) is 0 Å². The SMILES string of the molecule is CCCCn1c(N)c(N(Cc2ccccc2)C(=O)COc2cccc(Cl)c2)c(=O)[nH]c1=O. The zero-order valence-corrected chi connectivity index (χ0v) is 18.5. The molecule has 0 saturated heterocycles. The van der Waals surface area contributed by atoms with Gasteiger partial charge in [-0.15, -0.1) is 0 Å². The minimum Gasteiger partial charge on any atom is -0.484 e. The minimum atomic E-state index is -0.729. The summed E-state index contributed by atoms with van der Waals surface area (Å²) in [6.07, 6.45) is 1.53. The summed E-state index contributed by atoms with van der Waals surface area (Å²) in [6.45, 7) is 2.04. The van der Waals surface area contributed by atoms with E-state index < -0.39 is 17.2 Å². The van der Waals surface area contributed by atoms with Crippen molar-refractivity contribution in [2.24, 2.45) is 0 Å². The largest absolute Gasteiger partial charge is 0.484 e. The summed E-state index contributed by atoms with van der Waals surface area (Å²) in [5, 5.41) is 0.472. The lowest BCUT2D eigenvalue weighted by molar-refractivity contribution is -0.120. The minimum absolute atomic E-state index is 0.0563. The van der Waals surface area contributed by atoms with E-state index >= 15 is 0 Å². The number of anilines is 2. The number of nitrogens with two attached hydrogens (primary N) is 1. The molecule has 0 atom stereocenters. The molecule has 0 bridgehead atoms. The summed E-state index contributed by atoms with van der Waals surface area (Å²) in [7, 11) is 0. The summed E-state index contributed by atoms with van der Waals surface area (Å²) < 4.78 is 6.87. The number of aromatic amines is 1. The normalized spacial score (nSPS) is 10.7. The second-order valence-corrected chi connectivity index (χ2v) is 7.65. The third-order valence-corrected chi connectivity index (χ3v) is 5.10. The van der Waals surface area contributed by atoms with Crippen LogP contribution in [-0.2, 0) is 17.9 Å². The number of hydrogen-bond acceptors (Lipinski definition) is 5. The summed E-state index contributed by atoms with van der Waals surface area (Å²) in [5.74, 6) is -0.133. The van der Waals surface area contributed by atoms with E-state index in [2.05, 4.69) is 4.98 Å². The van der Waals surface area contributed by atoms with Crippen LogP contribution in [0.1, 0.15) is 25.3 Å². The highest BCUT2D eigenvalue weighted by molar-refractivity contribution is 6.30. The van der Waals surface area contributed by atoms with E-state index in [1.807, 2.05) is 37.3 Å². The third-order valence-electron chi connectivity index (χ3n) is 4.86.